The predicted molar refractivity (Wildman–Crippen MR) is 216 cm³/mol. The summed E-state index contributed by atoms with van der Waals surface area (Å²) in [5, 5.41) is 6.25. The van der Waals surface area contributed by atoms with Gasteiger partial charge in [-0.2, -0.15) is 0 Å². The van der Waals surface area contributed by atoms with Gasteiger partial charge in [0.15, 0.2) is 0 Å². The summed E-state index contributed by atoms with van der Waals surface area (Å²) in [6, 6.07) is 16.6. The molecule has 12 heteroatoms. The number of carbonyl (C=O) groups is 2. The monoisotopic (exact) mass is 745 g/mol. The van der Waals surface area contributed by atoms with E-state index < -0.39 is 0 Å². The number of thioether (sulfide) groups is 1. The summed E-state index contributed by atoms with van der Waals surface area (Å²) < 4.78 is 20.0. The number of nitrogens with zero attached hydrogens (tertiary/aromatic N) is 5. The molecular weight excluding hydrogens is 690 g/mol. The van der Waals surface area contributed by atoms with Gasteiger partial charge in [-0.15, -0.1) is 0 Å². The fourth-order valence-electron chi connectivity index (χ4n) is 5.45. The van der Waals surface area contributed by atoms with Crippen LogP contribution in [-0.4, -0.2) is 79.7 Å². The van der Waals surface area contributed by atoms with Gasteiger partial charge in [-0.25, -0.2) is 9.37 Å². The zero-order valence-corrected chi connectivity index (χ0v) is 33.1. The van der Waals surface area contributed by atoms with Crippen LogP contribution < -0.4 is 15.5 Å². The molecule has 2 aromatic carbocycles. The van der Waals surface area contributed by atoms with E-state index in [4.69, 9.17) is 9.72 Å². The third-order valence-electron chi connectivity index (χ3n) is 8.89. The molecule has 1 saturated carbocycles. The van der Waals surface area contributed by atoms with E-state index in [0.29, 0.717) is 18.7 Å². The Morgan fingerprint density at radius 2 is 1.81 bits per heavy atom. The molecule has 2 amide bonds. The Kier molecular flexibility index (Phi) is 18.8. The van der Waals surface area contributed by atoms with Crippen molar-refractivity contribution in [3.05, 3.63) is 107 Å². The molecule has 286 valence electrons. The van der Waals surface area contributed by atoms with Crippen LogP contribution in [-0.2, 0) is 34.3 Å². The van der Waals surface area contributed by atoms with Crippen LogP contribution in [0.2, 0.25) is 0 Å². The van der Waals surface area contributed by atoms with Crippen molar-refractivity contribution in [3.63, 3.8) is 0 Å². The highest BCUT2D eigenvalue weighted by Crippen LogP contribution is 2.47. The summed E-state index contributed by atoms with van der Waals surface area (Å²) in [5.41, 5.74) is 6.23. The highest BCUT2D eigenvalue weighted by molar-refractivity contribution is 8.08. The van der Waals surface area contributed by atoms with Crippen LogP contribution in [0.15, 0.2) is 78.0 Å². The van der Waals surface area contributed by atoms with Gasteiger partial charge in [0.05, 0.1) is 29.1 Å². The Bertz CT molecular complexity index is 1730. The Hall–Kier alpha value is -4.52. The normalized spacial score (nSPS) is 12.9. The molecule has 0 unspecified atom stereocenters. The number of allylic oxidation sites excluding steroid dienone is 1. The lowest BCUT2D eigenvalue weighted by Gasteiger charge is -2.29. The van der Waals surface area contributed by atoms with Gasteiger partial charge in [0.1, 0.15) is 11.6 Å². The number of hydrogen-bond acceptors (Lipinski definition) is 8. The fourth-order valence-corrected chi connectivity index (χ4v) is 6.72. The van der Waals surface area contributed by atoms with E-state index >= 15 is 0 Å². The second-order valence-electron chi connectivity index (χ2n) is 12.4. The van der Waals surface area contributed by atoms with Crippen LogP contribution in [0.25, 0.3) is 4.91 Å². The van der Waals surface area contributed by atoms with E-state index in [2.05, 4.69) is 39.4 Å². The molecule has 1 fully saturated rings. The Labute approximate surface area is 319 Å². The number of para-hydroxylation sites is 1. The van der Waals surface area contributed by atoms with Gasteiger partial charge >= 0.3 is 0 Å². The first-order valence-electron chi connectivity index (χ1n) is 18.2. The number of ether oxygens (including phenoxy) is 1. The molecule has 10 nitrogen and oxygen atoms in total. The van der Waals surface area contributed by atoms with Gasteiger partial charge in [-0.1, -0.05) is 62.4 Å². The molecule has 2 N–H and O–H groups in total. The lowest BCUT2D eigenvalue weighted by Crippen LogP contribution is -2.31. The number of amides is 2. The lowest BCUT2D eigenvalue weighted by atomic mass is 9.80. The molecule has 0 saturated heterocycles. The highest BCUT2D eigenvalue weighted by Gasteiger charge is 2.27. The zero-order valence-electron chi connectivity index (χ0n) is 32.3. The summed E-state index contributed by atoms with van der Waals surface area (Å²) in [6.07, 6.45) is 12.6. The maximum absolute atomic E-state index is 12.7. The Morgan fingerprint density at radius 1 is 1.06 bits per heavy atom. The standard InChI is InChI=1S/C20H26N4OS.C11H14N2O2.C8H10FN.C2H6/c1-24-15(12-21-10-11-25-2)13-23-20(24)18-7-6-17-19(26-18)16(8-9-22-17)14-4-3-5-14;1-12(9-14)7-8-13(10-15)11-5-3-2-4-6-11;1-6-3-4-7(10-2)5-8(6)9;1-2/h7-9,13-14,21H,3-6,10-12H2,1-2H3;2-6,9-10H,7-8H2,1H3;3-5,10H,1-2H3;1-2H3. The minimum atomic E-state index is -0.160. The minimum Gasteiger partial charge on any atom is -0.388 e. The molecular formula is C41H56FN7O3S. The molecule has 2 aromatic heterocycles. The van der Waals surface area contributed by atoms with Crippen molar-refractivity contribution >= 4 is 40.9 Å². The molecule has 0 radical (unpaired) electrons. The van der Waals surface area contributed by atoms with E-state index in [9.17, 15) is 14.0 Å². The number of methoxy groups -OCH3 is 1. The van der Waals surface area contributed by atoms with Gasteiger partial charge in [0.25, 0.3) is 0 Å². The Morgan fingerprint density at radius 3 is 2.43 bits per heavy atom. The number of likely N-dealkylation sites (N-methyl/N-ethyl adjacent to an activating group) is 1. The number of halogens is 1. The first kappa shape index (κ1) is 42.9. The third-order valence-corrected chi connectivity index (χ3v) is 10.1. The van der Waals surface area contributed by atoms with Crippen molar-refractivity contribution < 1.29 is 18.7 Å². The van der Waals surface area contributed by atoms with Crippen LogP contribution in [0.4, 0.5) is 15.8 Å². The number of hydrogen-bond donors (Lipinski definition) is 2. The summed E-state index contributed by atoms with van der Waals surface area (Å²) in [6.45, 7) is 9.14. The highest BCUT2D eigenvalue weighted by atomic mass is 32.2. The van der Waals surface area contributed by atoms with Crippen molar-refractivity contribution in [2.75, 3.05) is 57.7 Å². The number of carbonyl (C=O) groups excluding carboxylic acids is 2. The number of fused-ring (bicyclic) bond motifs is 1. The average Bonchev–Trinajstić information content (AvgIpc) is 3.55. The van der Waals surface area contributed by atoms with Crippen LogP contribution in [0.3, 0.4) is 0 Å². The number of benzene rings is 2. The molecule has 1 aliphatic heterocycles. The molecule has 6 rings (SSSR count). The van der Waals surface area contributed by atoms with Crippen molar-refractivity contribution in [2.45, 2.75) is 63.8 Å². The number of rotatable bonds is 14. The van der Waals surface area contributed by atoms with Gasteiger partial charge < -0.3 is 29.7 Å². The molecule has 3 heterocycles. The van der Waals surface area contributed by atoms with E-state index in [0.717, 1.165) is 62.1 Å². The van der Waals surface area contributed by atoms with E-state index in [-0.39, 0.29) is 5.82 Å². The fraction of sp³-hybridized carbons (Fsp3) is 0.415. The summed E-state index contributed by atoms with van der Waals surface area (Å²) in [7, 11) is 7.27. The number of aromatic nitrogens is 3. The second kappa shape index (κ2) is 23.2. The lowest BCUT2D eigenvalue weighted by molar-refractivity contribution is -0.117. The van der Waals surface area contributed by atoms with E-state index in [1.54, 1.807) is 39.1 Å². The SMILES string of the molecule is CC.CN(C=O)CCN(C=O)c1ccccc1.CNc1ccc(C)c(F)c1.COCCNCc1cnc(C2=CCc3nccc(C4CCC4)c3S2)n1C. The zero-order chi connectivity index (χ0) is 38.6. The van der Waals surface area contributed by atoms with E-state index in [1.165, 1.54) is 57.0 Å². The van der Waals surface area contributed by atoms with Crippen molar-refractivity contribution in [1.82, 2.24) is 24.8 Å². The van der Waals surface area contributed by atoms with Gasteiger partial charge in [0, 0.05) is 83.3 Å². The maximum Gasteiger partial charge on any atom is 0.214 e. The minimum absolute atomic E-state index is 0.160. The summed E-state index contributed by atoms with van der Waals surface area (Å²) >= 11 is 1.85. The molecule has 53 heavy (non-hydrogen) atoms. The topological polar surface area (TPSA) is 105 Å². The van der Waals surface area contributed by atoms with Crippen molar-refractivity contribution in [1.29, 1.82) is 0 Å². The third kappa shape index (κ3) is 12.8. The summed E-state index contributed by atoms with van der Waals surface area (Å²) in [4.78, 5) is 36.2. The number of pyridine rings is 1. The predicted octanol–water partition coefficient (Wildman–Crippen LogP) is 7.45. The second-order valence-corrected chi connectivity index (χ2v) is 13.5. The largest absolute Gasteiger partial charge is 0.388 e. The van der Waals surface area contributed by atoms with Crippen molar-refractivity contribution in [2.24, 2.45) is 7.05 Å². The van der Waals surface area contributed by atoms with Crippen LogP contribution in [0.1, 0.15) is 67.4 Å². The number of aryl methyl sites for hydroxylation is 1. The number of imidazole rings is 1. The molecule has 2 aliphatic rings. The smallest absolute Gasteiger partial charge is 0.214 e. The molecule has 0 atom stereocenters. The van der Waals surface area contributed by atoms with Gasteiger partial charge in [0.2, 0.25) is 12.8 Å². The van der Waals surface area contributed by atoms with Gasteiger partial charge in [-0.05, 0) is 67.1 Å². The van der Waals surface area contributed by atoms with Gasteiger partial charge in [-0.3, -0.25) is 14.6 Å². The maximum atomic E-state index is 12.7. The molecule has 4 aromatic rings. The average molecular weight is 746 g/mol. The van der Waals surface area contributed by atoms with E-state index in [1.807, 2.05) is 74.4 Å². The quantitative estimate of drug-likeness (QED) is 0.101. The number of anilines is 2. The molecule has 0 spiro atoms. The first-order valence-corrected chi connectivity index (χ1v) is 19.0. The van der Waals surface area contributed by atoms with Crippen LogP contribution >= 0.6 is 11.8 Å². The molecule has 0 bridgehead atoms. The summed E-state index contributed by atoms with van der Waals surface area (Å²) in [5.74, 6) is 1.61. The van der Waals surface area contributed by atoms with Crippen LogP contribution in [0.5, 0.6) is 0 Å². The number of nitrogens with one attached hydrogen (secondary N) is 2. The Balaban J connectivity index is 0.000000237. The molecule has 1 aliphatic carbocycles. The van der Waals surface area contributed by atoms with Crippen LogP contribution in [0, 0.1) is 12.7 Å². The van der Waals surface area contributed by atoms with Crippen molar-refractivity contribution in [3.8, 4) is 0 Å². The first-order chi connectivity index (χ1) is 25.8.